The van der Waals surface area contributed by atoms with Gasteiger partial charge >= 0.3 is 11.9 Å². The van der Waals surface area contributed by atoms with Crippen LogP contribution in [0.25, 0.3) is 0 Å². The number of nitrogens with one attached hydrogen (secondary N) is 3. The molecular weight excluding hydrogens is 466 g/mol. The second-order valence-corrected chi connectivity index (χ2v) is 8.47. The van der Waals surface area contributed by atoms with Crippen molar-refractivity contribution in [2.75, 3.05) is 6.54 Å². The number of carboxylic acid groups (broad SMARTS) is 2. The summed E-state index contributed by atoms with van der Waals surface area (Å²) in [5, 5.41) is 34.7. The lowest BCUT2D eigenvalue weighted by atomic mass is 10.0. The van der Waals surface area contributed by atoms with Crippen LogP contribution in [0.5, 0.6) is 0 Å². The van der Waals surface area contributed by atoms with E-state index in [4.69, 9.17) is 22.3 Å². The normalized spacial score (nSPS) is 15.1. The third kappa shape index (κ3) is 13.1. The molecule has 5 atom stereocenters. The molecule has 200 valence electrons. The van der Waals surface area contributed by atoms with Crippen LogP contribution in [0.3, 0.4) is 0 Å². The molecule has 0 aromatic rings. The lowest BCUT2D eigenvalue weighted by molar-refractivity contribution is -0.145. The Morgan fingerprint density at radius 1 is 0.886 bits per heavy atom. The summed E-state index contributed by atoms with van der Waals surface area (Å²) in [6.45, 7) is 4.87. The molecule has 0 radical (unpaired) electrons. The van der Waals surface area contributed by atoms with Crippen LogP contribution in [0.1, 0.15) is 46.5 Å². The third-order valence-corrected chi connectivity index (χ3v) is 4.70. The lowest BCUT2D eigenvalue weighted by Crippen LogP contribution is -2.58. The first-order valence-corrected chi connectivity index (χ1v) is 11.0. The zero-order valence-corrected chi connectivity index (χ0v) is 20.1. The third-order valence-electron chi connectivity index (χ3n) is 4.70. The van der Waals surface area contributed by atoms with Gasteiger partial charge in [0.25, 0.3) is 0 Å². The molecule has 0 fully saturated rings. The van der Waals surface area contributed by atoms with Crippen LogP contribution in [0.4, 0.5) is 0 Å². The SMILES string of the molecule is CC(C)CC(NC(=O)C(CCCN=C(N)N)NC(=O)C(N)CC(=O)O)C(=O)NC(C(=O)O)C(C)O. The van der Waals surface area contributed by atoms with E-state index in [0.717, 1.165) is 0 Å². The average molecular weight is 504 g/mol. The number of nitrogens with zero attached hydrogens (tertiary/aromatic N) is 1. The van der Waals surface area contributed by atoms with E-state index in [-0.39, 0.29) is 37.7 Å². The van der Waals surface area contributed by atoms with Crippen molar-refractivity contribution < 1.29 is 39.3 Å². The van der Waals surface area contributed by atoms with Crippen LogP contribution in [0.2, 0.25) is 0 Å². The minimum atomic E-state index is -1.60. The number of rotatable bonds is 16. The molecule has 5 unspecified atom stereocenters. The Bertz CT molecular complexity index is 783. The van der Waals surface area contributed by atoms with E-state index in [9.17, 15) is 34.2 Å². The maximum absolute atomic E-state index is 13.0. The molecule has 0 aliphatic carbocycles. The standard InChI is InChI=1S/C20H37N7O8/c1-9(2)7-13(18(33)27-15(10(3)28)19(34)35)26-17(32)12(5-4-6-24-20(22)23)25-16(31)11(21)8-14(29)30/h9-13,15,28H,4-8,21H2,1-3H3,(H,25,31)(H,26,32)(H,27,33)(H,29,30)(H,34,35)(H4,22,23,24). The summed E-state index contributed by atoms with van der Waals surface area (Å²) in [4.78, 5) is 64.0. The first-order chi connectivity index (χ1) is 16.1. The van der Waals surface area contributed by atoms with Gasteiger partial charge in [0.2, 0.25) is 17.7 Å². The molecule has 0 aliphatic heterocycles. The smallest absolute Gasteiger partial charge is 0.328 e. The molecule has 0 spiro atoms. The second-order valence-electron chi connectivity index (χ2n) is 8.47. The maximum Gasteiger partial charge on any atom is 0.328 e. The molecule has 15 nitrogen and oxygen atoms in total. The fourth-order valence-electron chi connectivity index (χ4n) is 2.95. The zero-order chi connectivity index (χ0) is 27.3. The van der Waals surface area contributed by atoms with Gasteiger partial charge in [-0.15, -0.1) is 0 Å². The van der Waals surface area contributed by atoms with Gasteiger partial charge in [-0.05, 0) is 32.1 Å². The van der Waals surface area contributed by atoms with E-state index in [2.05, 4.69) is 20.9 Å². The predicted octanol–water partition coefficient (Wildman–Crippen LogP) is -3.19. The van der Waals surface area contributed by atoms with Gasteiger partial charge < -0.3 is 48.5 Å². The fourth-order valence-corrected chi connectivity index (χ4v) is 2.95. The van der Waals surface area contributed by atoms with Crippen molar-refractivity contribution in [3.8, 4) is 0 Å². The van der Waals surface area contributed by atoms with Gasteiger partial charge in [-0.25, -0.2) is 4.79 Å². The summed E-state index contributed by atoms with van der Waals surface area (Å²) < 4.78 is 0. The number of carboxylic acids is 2. The molecule has 0 rings (SSSR count). The van der Waals surface area contributed by atoms with Crippen LogP contribution in [0.15, 0.2) is 4.99 Å². The van der Waals surface area contributed by atoms with Gasteiger partial charge in [0.05, 0.1) is 18.6 Å². The highest BCUT2D eigenvalue weighted by atomic mass is 16.4. The molecule has 0 aromatic heterocycles. The van der Waals surface area contributed by atoms with E-state index in [1.165, 1.54) is 6.92 Å². The van der Waals surface area contributed by atoms with Gasteiger partial charge in [-0.3, -0.25) is 24.2 Å². The van der Waals surface area contributed by atoms with Crippen molar-refractivity contribution in [2.45, 2.75) is 76.7 Å². The minimum Gasteiger partial charge on any atom is -0.481 e. The molecule has 0 heterocycles. The number of hydrogen-bond donors (Lipinski definition) is 9. The average Bonchev–Trinajstić information content (AvgIpc) is 2.71. The highest BCUT2D eigenvalue weighted by Gasteiger charge is 2.32. The lowest BCUT2D eigenvalue weighted by Gasteiger charge is -2.26. The van der Waals surface area contributed by atoms with Crippen LogP contribution in [0, 0.1) is 5.92 Å². The Hall–Kier alpha value is -3.46. The number of amides is 3. The Kier molecular flexibility index (Phi) is 13.9. The Morgan fingerprint density at radius 3 is 1.89 bits per heavy atom. The van der Waals surface area contributed by atoms with Crippen LogP contribution in [-0.2, 0) is 24.0 Å². The molecule has 0 bridgehead atoms. The molecular formula is C20H37N7O8. The Balaban J connectivity index is 5.62. The summed E-state index contributed by atoms with van der Waals surface area (Å²) in [6.07, 6.45) is -1.67. The summed E-state index contributed by atoms with van der Waals surface area (Å²) in [5.74, 6) is -5.54. The number of aliphatic imine (C=N–C) groups is 1. The van der Waals surface area contributed by atoms with E-state index >= 15 is 0 Å². The number of aliphatic carboxylic acids is 2. The topological polar surface area (TPSA) is 273 Å². The maximum atomic E-state index is 13.0. The molecule has 0 saturated heterocycles. The number of aliphatic hydroxyl groups is 1. The molecule has 0 aliphatic rings. The van der Waals surface area contributed by atoms with Crippen LogP contribution < -0.4 is 33.2 Å². The van der Waals surface area contributed by atoms with E-state index in [1.807, 2.05) is 0 Å². The number of carbonyl (C=O) groups is 5. The fraction of sp³-hybridized carbons (Fsp3) is 0.700. The number of carbonyl (C=O) groups excluding carboxylic acids is 3. The summed E-state index contributed by atoms with van der Waals surface area (Å²) in [5.41, 5.74) is 16.1. The van der Waals surface area contributed by atoms with Gasteiger partial charge in [0, 0.05) is 6.54 Å². The quantitative estimate of drug-likeness (QED) is 0.0574. The van der Waals surface area contributed by atoms with Crippen molar-refractivity contribution in [3.63, 3.8) is 0 Å². The number of aliphatic hydroxyl groups excluding tert-OH is 1. The number of guanidine groups is 1. The zero-order valence-electron chi connectivity index (χ0n) is 20.1. The van der Waals surface area contributed by atoms with Crippen molar-refractivity contribution in [1.29, 1.82) is 0 Å². The van der Waals surface area contributed by atoms with Crippen molar-refractivity contribution in [2.24, 2.45) is 28.1 Å². The van der Waals surface area contributed by atoms with Gasteiger partial charge in [-0.2, -0.15) is 0 Å². The molecule has 0 aromatic carbocycles. The highest BCUT2D eigenvalue weighted by Crippen LogP contribution is 2.08. The van der Waals surface area contributed by atoms with E-state index in [0.29, 0.717) is 0 Å². The van der Waals surface area contributed by atoms with Crippen LogP contribution in [-0.4, -0.2) is 87.8 Å². The molecule has 35 heavy (non-hydrogen) atoms. The first kappa shape index (κ1) is 31.5. The number of nitrogens with two attached hydrogens (primary N) is 3. The summed E-state index contributed by atoms with van der Waals surface area (Å²) in [6, 6.07) is -5.42. The minimum absolute atomic E-state index is 0.0234. The van der Waals surface area contributed by atoms with Crippen LogP contribution >= 0.6 is 0 Å². The summed E-state index contributed by atoms with van der Waals surface area (Å²) >= 11 is 0. The van der Waals surface area contributed by atoms with Crippen molar-refractivity contribution in [3.05, 3.63) is 0 Å². The summed E-state index contributed by atoms with van der Waals surface area (Å²) in [7, 11) is 0. The molecule has 3 amide bonds. The van der Waals surface area contributed by atoms with Gasteiger partial charge in [0.1, 0.15) is 12.1 Å². The first-order valence-electron chi connectivity index (χ1n) is 11.0. The second kappa shape index (κ2) is 15.4. The Morgan fingerprint density at radius 2 is 1.43 bits per heavy atom. The van der Waals surface area contributed by atoms with Gasteiger partial charge in [-0.1, -0.05) is 13.8 Å². The highest BCUT2D eigenvalue weighted by molar-refractivity contribution is 5.94. The van der Waals surface area contributed by atoms with Crippen molar-refractivity contribution in [1.82, 2.24) is 16.0 Å². The van der Waals surface area contributed by atoms with E-state index in [1.54, 1.807) is 13.8 Å². The molecule has 15 heteroatoms. The van der Waals surface area contributed by atoms with E-state index < -0.39 is 66.4 Å². The molecule has 12 N–H and O–H groups in total. The largest absolute Gasteiger partial charge is 0.481 e. The Labute approximate surface area is 202 Å². The molecule has 0 saturated carbocycles. The van der Waals surface area contributed by atoms with Crippen molar-refractivity contribution >= 4 is 35.6 Å². The number of hydrogen-bond acceptors (Lipinski definition) is 8. The predicted molar refractivity (Wildman–Crippen MR) is 125 cm³/mol. The van der Waals surface area contributed by atoms with Gasteiger partial charge in [0.15, 0.2) is 12.0 Å². The monoisotopic (exact) mass is 503 g/mol.